The molecule has 5 nitrogen and oxygen atoms in total. The maximum absolute atomic E-state index is 11.0. The van der Waals surface area contributed by atoms with Gasteiger partial charge >= 0.3 is 5.97 Å². The molecule has 0 saturated carbocycles. The van der Waals surface area contributed by atoms with Crippen LogP contribution in [0.3, 0.4) is 0 Å². The Kier molecular flexibility index (Phi) is 5.14. The molecular formula is C14H18O5S. The van der Waals surface area contributed by atoms with Crippen LogP contribution in [-0.2, 0) is 4.79 Å². The zero-order valence-corrected chi connectivity index (χ0v) is 12.1. The van der Waals surface area contributed by atoms with Crippen molar-refractivity contribution >= 4 is 17.7 Å². The van der Waals surface area contributed by atoms with Gasteiger partial charge in [-0.2, -0.15) is 11.8 Å². The maximum Gasteiger partial charge on any atom is 0.337 e. The van der Waals surface area contributed by atoms with Crippen molar-refractivity contribution in [3.63, 3.8) is 0 Å². The molecule has 20 heavy (non-hydrogen) atoms. The minimum absolute atomic E-state index is 0.0345. The highest BCUT2D eigenvalue weighted by atomic mass is 32.2. The zero-order chi connectivity index (χ0) is 14.5. The van der Waals surface area contributed by atoms with Gasteiger partial charge in [0.2, 0.25) is 0 Å². The molecule has 2 rings (SSSR count). The highest BCUT2D eigenvalue weighted by Crippen LogP contribution is 2.37. The Hall–Kier alpha value is -1.40. The number of rotatable bonds is 5. The third-order valence-electron chi connectivity index (χ3n) is 3.21. The van der Waals surface area contributed by atoms with Crippen LogP contribution in [0.2, 0.25) is 0 Å². The number of hydrogen-bond acceptors (Lipinski definition) is 5. The van der Waals surface area contributed by atoms with Crippen molar-refractivity contribution in [2.45, 2.75) is 25.0 Å². The summed E-state index contributed by atoms with van der Waals surface area (Å²) < 4.78 is 11.1. The van der Waals surface area contributed by atoms with E-state index in [0.717, 1.165) is 24.3 Å². The van der Waals surface area contributed by atoms with E-state index in [0.29, 0.717) is 11.5 Å². The van der Waals surface area contributed by atoms with Gasteiger partial charge in [0, 0.05) is 5.56 Å². The van der Waals surface area contributed by atoms with Crippen molar-refractivity contribution in [1.29, 1.82) is 0 Å². The lowest BCUT2D eigenvalue weighted by Crippen LogP contribution is -2.24. The Balaban J connectivity index is 2.29. The molecule has 1 aliphatic rings. The van der Waals surface area contributed by atoms with Gasteiger partial charge in [0.15, 0.2) is 17.6 Å². The van der Waals surface area contributed by atoms with E-state index in [2.05, 4.69) is 0 Å². The molecule has 1 aromatic rings. The van der Waals surface area contributed by atoms with Crippen LogP contribution in [-0.4, -0.2) is 40.9 Å². The van der Waals surface area contributed by atoms with Crippen LogP contribution in [0.4, 0.5) is 0 Å². The van der Waals surface area contributed by atoms with E-state index in [1.165, 1.54) is 7.11 Å². The average Bonchev–Trinajstić information content (AvgIpc) is 2.47. The quantitative estimate of drug-likeness (QED) is 0.867. The zero-order valence-electron chi connectivity index (χ0n) is 11.2. The summed E-state index contributed by atoms with van der Waals surface area (Å²) in [5, 5.41) is 18.8. The van der Waals surface area contributed by atoms with Crippen molar-refractivity contribution in [3.8, 4) is 11.5 Å². The number of aliphatic hydroxyl groups excluding tert-OH is 1. The molecule has 0 spiro atoms. The van der Waals surface area contributed by atoms with Crippen LogP contribution in [0.1, 0.15) is 24.5 Å². The van der Waals surface area contributed by atoms with Gasteiger partial charge in [-0.15, -0.1) is 0 Å². The maximum atomic E-state index is 11.0. The molecule has 2 N–H and O–H groups in total. The summed E-state index contributed by atoms with van der Waals surface area (Å²) in [7, 11) is 1.50. The second-order valence-corrected chi connectivity index (χ2v) is 5.77. The number of benzene rings is 1. The Labute approximate surface area is 121 Å². The molecule has 0 radical (unpaired) electrons. The Morgan fingerprint density at radius 1 is 1.40 bits per heavy atom. The predicted octanol–water partition coefficient (Wildman–Crippen LogP) is 2.09. The summed E-state index contributed by atoms with van der Waals surface area (Å²) in [5.41, 5.74) is 0.232. The molecule has 1 aromatic carbocycles. The standard InChI is InChI=1S/C14H18O5S/c1-18-11-4-2-3-10(12(15)14(16)17)13(11)19-9-5-7-20-8-6-9/h2-4,9,12,15H,5-8H2,1H3,(H,16,17). The van der Waals surface area contributed by atoms with E-state index < -0.39 is 12.1 Å². The number of ether oxygens (including phenoxy) is 2. The van der Waals surface area contributed by atoms with Gasteiger partial charge in [0.1, 0.15) is 6.10 Å². The van der Waals surface area contributed by atoms with Gasteiger partial charge in [-0.25, -0.2) is 4.79 Å². The first-order chi connectivity index (χ1) is 9.63. The molecular weight excluding hydrogens is 280 g/mol. The molecule has 1 saturated heterocycles. The van der Waals surface area contributed by atoms with E-state index in [-0.39, 0.29) is 11.7 Å². The number of para-hydroxylation sites is 1. The van der Waals surface area contributed by atoms with Gasteiger partial charge in [-0.05, 0) is 30.4 Å². The summed E-state index contributed by atoms with van der Waals surface area (Å²) in [5.74, 6) is 1.53. The Morgan fingerprint density at radius 3 is 2.70 bits per heavy atom. The molecule has 0 bridgehead atoms. The van der Waals surface area contributed by atoms with Crippen LogP contribution < -0.4 is 9.47 Å². The lowest BCUT2D eigenvalue weighted by molar-refractivity contribution is -0.147. The minimum atomic E-state index is -1.61. The Bertz CT molecular complexity index is 471. The molecule has 1 fully saturated rings. The smallest absolute Gasteiger partial charge is 0.337 e. The lowest BCUT2D eigenvalue weighted by Gasteiger charge is -2.25. The van der Waals surface area contributed by atoms with E-state index in [9.17, 15) is 9.90 Å². The molecule has 0 aromatic heterocycles. The van der Waals surface area contributed by atoms with Gasteiger partial charge < -0.3 is 19.7 Å². The topological polar surface area (TPSA) is 76.0 Å². The number of aliphatic hydroxyl groups is 1. The number of carbonyl (C=O) groups is 1. The summed E-state index contributed by atoms with van der Waals surface area (Å²) in [4.78, 5) is 11.0. The van der Waals surface area contributed by atoms with E-state index in [4.69, 9.17) is 14.6 Å². The normalized spacial score (nSPS) is 17.5. The summed E-state index contributed by atoms with van der Waals surface area (Å²) in [6.07, 6.45) is 0.238. The third kappa shape index (κ3) is 3.37. The number of hydrogen-bond donors (Lipinski definition) is 2. The molecule has 0 amide bonds. The van der Waals surface area contributed by atoms with Gasteiger partial charge in [-0.1, -0.05) is 12.1 Å². The first-order valence-electron chi connectivity index (χ1n) is 6.45. The fourth-order valence-electron chi connectivity index (χ4n) is 2.13. The summed E-state index contributed by atoms with van der Waals surface area (Å²) in [6, 6.07) is 4.89. The molecule has 6 heteroatoms. The van der Waals surface area contributed by atoms with Crippen molar-refractivity contribution in [2.24, 2.45) is 0 Å². The molecule has 110 valence electrons. The number of aliphatic carboxylic acids is 1. The van der Waals surface area contributed by atoms with Crippen LogP contribution >= 0.6 is 11.8 Å². The van der Waals surface area contributed by atoms with Gasteiger partial charge in [0.25, 0.3) is 0 Å². The molecule has 1 heterocycles. The van der Waals surface area contributed by atoms with Crippen LogP contribution in [0.15, 0.2) is 18.2 Å². The van der Waals surface area contributed by atoms with Crippen LogP contribution in [0.25, 0.3) is 0 Å². The van der Waals surface area contributed by atoms with E-state index in [1.807, 2.05) is 11.8 Å². The molecule has 1 aliphatic heterocycles. The number of carboxylic acid groups (broad SMARTS) is 1. The summed E-state index contributed by atoms with van der Waals surface area (Å²) >= 11 is 1.88. The van der Waals surface area contributed by atoms with Gasteiger partial charge in [-0.3, -0.25) is 0 Å². The predicted molar refractivity (Wildman–Crippen MR) is 76.6 cm³/mol. The second-order valence-electron chi connectivity index (χ2n) is 4.55. The number of carboxylic acids is 1. The summed E-state index contributed by atoms with van der Waals surface area (Å²) in [6.45, 7) is 0. The van der Waals surface area contributed by atoms with Crippen LogP contribution in [0.5, 0.6) is 11.5 Å². The first kappa shape index (κ1) is 15.0. The molecule has 1 unspecified atom stereocenters. The fraction of sp³-hybridized carbons (Fsp3) is 0.500. The van der Waals surface area contributed by atoms with Crippen molar-refractivity contribution in [2.75, 3.05) is 18.6 Å². The number of methoxy groups -OCH3 is 1. The second kappa shape index (κ2) is 6.85. The Morgan fingerprint density at radius 2 is 2.10 bits per heavy atom. The molecule has 0 aliphatic carbocycles. The average molecular weight is 298 g/mol. The van der Waals surface area contributed by atoms with Crippen molar-refractivity contribution in [1.82, 2.24) is 0 Å². The van der Waals surface area contributed by atoms with Crippen molar-refractivity contribution < 1.29 is 24.5 Å². The van der Waals surface area contributed by atoms with Crippen LogP contribution in [0, 0.1) is 0 Å². The lowest BCUT2D eigenvalue weighted by atomic mass is 10.1. The monoisotopic (exact) mass is 298 g/mol. The van der Waals surface area contributed by atoms with E-state index >= 15 is 0 Å². The SMILES string of the molecule is COc1cccc(C(O)C(=O)O)c1OC1CCSCC1. The number of thioether (sulfide) groups is 1. The molecule has 1 atom stereocenters. The van der Waals surface area contributed by atoms with Crippen molar-refractivity contribution in [3.05, 3.63) is 23.8 Å². The minimum Gasteiger partial charge on any atom is -0.493 e. The highest BCUT2D eigenvalue weighted by Gasteiger charge is 2.25. The van der Waals surface area contributed by atoms with E-state index in [1.54, 1.807) is 18.2 Å². The fourth-order valence-corrected chi connectivity index (χ4v) is 3.19. The third-order valence-corrected chi connectivity index (χ3v) is 4.26. The first-order valence-corrected chi connectivity index (χ1v) is 7.61. The highest BCUT2D eigenvalue weighted by molar-refractivity contribution is 7.99. The van der Waals surface area contributed by atoms with Gasteiger partial charge in [0.05, 0.1) is 7.11 Å². The largest absolute Gasteiger partial charge is 0.493 e.